The van der Waals surface area contributed by atoms with Gasteiger partial charge in [0.25, 0.3) is 0 Å². The summed E-state index contributed by atoms with van der Waals surface area (Å²) in [6.45, 7) is 8.44. The van der Waals surface area contributed by atoms with Crippen molar-refractivity contribution >= 4 is 11.6 Å². The lowest BCUT2D eigenvalue weighted by Gasteiger charge is -2.61. The second kappa shape index (κ2) is 5.44. The van der Waals surface area contributed by atoms with Crippen molar-refractivity contribution in [3.63, 3.8) is 0 Å². The molecule has 0 amide bonds. The van der Waals surface area contributed by atoms with Gasteiger partial charge in [0.15, 0.2) is 0 Å². The fraction of sp³-hybridized carbons (Fsp3) is 0.533. The Morgan fingerprint density at radius 2 is 1.85 bits per heavy atom. The summed E-state index contributed by atoms with van der Waals surface area (Å²) in [7, 11) is 0. The van der Waals surface area contributed by atoms with Gasteiger partial charge in [-0.1, -0.05) is 39.3 Å². The number of rotatable bonds is 2. The molecule has 0 aromatic heterocycles. The summed E-state index contributed by atoms with van der Waals surface area (Å²) in [4.78, 5) is 0. The highest BCUT2D eigenvalue weighted by atomic mass is 35.5. The van der Waals surface area contributed by atoms with E-state index in [9.17, 15) is 0 Å². The van der Waals surface area contributed by atoms with E-state index in [0.29, 0.717) is 16.3 Å². The maximum Gasteiger partial charge on any atom is 1.00 e. The molecule has 110 valence electrons. The third-order valence-corrected chi connectivity index (χ3v) is 4.58. The lowest BCUT2D eigenvalue weighted by Crippen LogP contribution is -3.00. The lowest BCUT2D eigenvalue weighted by atomic mass is 9.50. The van der Waals surface area contributed by atoms with Crippen LogP contribution in [0.3, 0.4) is 0 Å². The van der Waals surface area contributed by atoms with Crippen molar-refractivity contribution in [3.8, 4) is 11.8 Å². The molecule has 3 nitrogen and oxygen atoms in total. The molecule has 5 heteroatoms. The minimum atomic E-state index is -0.0795. The molecule has 1 aromatic carbocycles. The highest BCUT2D eigenvalue weighted by Gasteiger charge is 2.61. The molecule has 20 heavy (non-hydrogen) atoms. The first-order chi connectivity index (χ1) is 8.71. The second-order valence-corrected chi connectivity index (χ2v) is 6.78. The van der Waals surface area contributed by atoms with Crippen molar-refractivity contribution in [3.05, 3.63) is 28.8 Å². The van der Waals surface area contributed by atoms with Crippen molar-refractivity contribution < 1.29 is 18.6 Å². The highest BCUT2D eigenvalue weighted by molar-refractivity contribution is 6.31. The predicted octanol–water partition coefficient (Wildman–Crippen LogP) is 0.469. The average molecular weight is 315 g/mol. The van der Waals surface area contributed by atoms with Gasteiger partial charge in [-0.25, -0.2) is 0 Å². The Balaban J connectivity index is 0.00000200. The summed E-state index contributed by atoms with van der Waals surface area (Å²) < 4.78 is 6.06. The molecule has 1 aliphatic carbocycles. The zero-order valence-electron chi connectivity index (χ0n) is 13.1. The molecule has 0 heterocycles. The Hall–Kier alpha value is -0.950. The summed E-state index contributed by atoms with van der Waals surface area (Å²) >= 11 is 6.02. The Bertz CT molecular complexity index is 539. The van der Waals surface area contributed by atoms with E-state index in [-0.39, 0.29) is 36.8 Å². The molecule has 0 aliphatic heterocycles. The third-order valence-electron chi connectivity index (χ3n) is 4.27. The van der Waals surface area contributed by atoms with E-state index < -0.39 is 0 Å². The van der Waals surface area contributed by atoms with Crippen LogP contribution in [0.5, 0.6) is 5.75 Å². The Morgan fingerprint density at radius 1 is 1.30 bits per heavy atom. The standard InChI is InChI=1S/C15H19ClN2O.ClH/c1-14(2)12(18)15(3,4)13(14)19-10-6-5-9(8-17)11(16)7-10;/h5-7,12-13H,18H2,1-4H3;1H. The molecule has 0 radical (unpaired) electrons. The Labute approximate surface area is 132 Å². The summed E-state index contributed by atoms with van der Waals surface area (Å²) in [5.41, 5.74) is 6.50. The average Bonchev–Trinajstić information content (AvgIpc) is 2.34. The van der Waals surface area contributed by atoms with Crippen LogP contribution in [0.2, 0.25) is 5.02 Å². The van der Waals surface area contributed by atoms with Crippen molar-refractivity contribution in [2.75, 3.05) is 0 Å². The Kier molecular flexibility index (Phi) is 4.65. The van der Waals surface area contributed by atoms with Crippen molar-refractivity contribution in [1.29, 1.82) is 5.26 Å². The monoisotopic (exact) mass is 314 g/mol. The SMILES string of the molecule is CC1(C)C(N)C(C)(C)C1Oc1ccc(C#N)c(Cl)c1.[Cl-].[H+]. The Morgan fingerprint density at radius 3 is 2.30 bits per heavy atom. The molecule has 0 atom stereocenters. The quantitative estimate of drug-likeness (QED) is 0.863. The van der Waals surface area contributed by atoms with E-state index in [1.807, 2.05) is 6.07 Å². The molecular formula is C15H20Cl2N2O. The summed E-state index contributed by atoms with van der Waals surface area (Å²) in [6, 6.07) is 7.28. The fourth-order valence-electron chi connectivity index (χ4n) is 3.25. The van der Waals surface area contributed by atoms with E-state index >= 15 is 0 Å². The number of halogens is 2. The summed E-state index contributed by atoms with van der Waals surface area (Å²) in [5, 5.41) is 9.27. The van der Waals surface area contributed by atoms with Gasteiger partial charge in [0.2, 0.25) is 0 Å². The maximum atomic E-state index is 8.86. The molecule has 2 N–H and O–H groups in total. The first-order valence-corrected chi connectivity index (χ1v) is 6.71. The summed E-state index contributed by atoms with van der Waals surface area (Å²) in [6.07, 6.45) is 0.0269. The first kappa shape index (κ1) is 17.1. The number of ether oxygens (including phenoxy) is 1. The van der Waals surface area contributed by atoms with Crippen LogP contribution in [0.4, 0.5) is 0 Å². The van der Waals surface area contributed by atoms with Gasteiger partial charge in [-0.3, -0.25) is 0 Å². The van der Waals surface area contributed by atoms with Crippen molar-refractivity contribution in [1.82, 2.24) is 0 Å². The number of nitrogens with zero attached hydrogens (tertiary/aromatic N) is 1. The van der Waals surface area contributed by atoms with E-state index in [2.05, 4.69) is 27.7 Å². The zero-order valence-corrected chi connectivity index (χ0v) is 13.6. The largest absolute Gasteiger partial charge is 1.00 e. The lowest BCUT2D eigenvalue weighted by molar-refractivity contribution is -0.155. The van der Waals surface area contributed by atoms with Crippen LogP contribution in [0, 0.1) is 22.2 Å². The number of nitriles is 1. The maximum absolute atomic E-state index is 8.86. The smallest absolute Gasteiger partial charge is 1.00 e. The first-order valence-electron chi connectivity index (χ1n) is 6.33. The number of hydrogen-bond acceptors (Lipinski definition) is 3. The molecule has 2 rings (SSSR count). The number of hydrogen-bond donors (Lipinski definition) is 1. The van der Waals surface area contributed by atoms with Gasteiger partial charge < -0.3 is 22.9 Å². The molecular weight excluding hydrogens is 295 g/mol. The van der Waals surface area contributed by atoms with Gasteiger partial charge in [-0.2, -0.15) is 5.26 Å². The van der Waals surface area contributed by atoms with Gasteiger partial charge in [0.05, 0.1) is 10.6 Å². The molecule has 0 spiro atoms. The van der Waals surface area contributed by atoms with Crippen LogP contribution >= 0.6 is 11.6 Å². The second-order valence-electron chi connectivity index (χ2n) is 6.37. The van der Waals surface area contributed by atoms with Crippen LogP contribution in [0.15, 0.2) is 18.2 Å². The van der Waals surface area contributed by atoms with Crippen LogP contribution in [0.25, 0.3) is 0 Å². The zero-order chi connectivity index (χ0) is 14.4. The molecule has 1 fully saturated rings. The van der Waals surface area contributed by atoms with Gasteiger partial charge >= 0.3 is 1.43 Å². The van der Waals surface area contributed by atoms with Crippen LogP contribution in [0.1, 0.15) is 34.7 Å². The van der Waals surface area contributed by atoms with E-state index in [1.54, 1.807) is 18.2 Å². The number of nitrogens with two attached hydrogens (primary N) is 1. The van der Waals surface area contributed by atoms with Gasteiger partial charge in [0, 0.05) is 22.9 Å². The van der Waals surface area contributed by atoms with Crippen molar-refractivity contribution in [2.24, 2.45) is 16.6 Å². The summed E-state index contributed by atoms with van der Waals surface area (Å²) in [5.74, 6) is 0.682. The van der Waals surface area contributed by atoms with E-state index in [1.165, 1.54) is 0 Å². The van der Waals surface area contributed by atoms with E-state index in [4.69, 9.17) is 27.3 Å². The van der Waals surface area contributed by atoms with Crippen LogP contribution in [-0.4, -0.2) is 12.1 Å². The molecule has 1 saturated carbocycles. The van der Waals surface area contributed by atoms with Crippen molar-refractivity contribution in [2.45, 2.75) is 39.8 Å². The predicted molar refractivity (Wildman–Crippen MR) is 77.2 cm³/mol. The number of benzene rings is 1. The minimum Gasteiger partial charge on any atom is -1.00 e. The molecule has 1 aromatic rings. The highest BCUT2D eigenvalue weighted by Crippen LogP contribution is 2.54. The molecule has 0 unspecified atom stereocenters. The molecule has 1 aliphatic rings. The topological polar surface area (TPSA) is 59.0 Å². The minimum absolute atomic E-state index is 0. The van der Waals surface area contributed by atoms with E-state index in [0.717, 1.165) is 0 Å². The van der Waals surface area contributed by atoms with Gasteiger partial charge in [-0.15, -0.1) is 0 Å². The third kappa shape index (κ3) is 2.48. The molecule has 0 bridgehead atoms. The normalized spacial score (nSPS) is 25.9. The molecule has 0 saturated heterocycles. The van der Waals surface area contributed by atoms with Crippen LogP contribution < -0.4 is 22.9 Å². The fourth-order valence-corrected chi connectivity index (χ4v) is 3.46. The van der Waals surface area contributed by atoms with Gasteiger partial charge in [0.1, 0.15) is 17.9 Å². The van der Waals surface area contributed by atoms with Gasteiger partial charge in [-0.05, 0) is 12.1 Å². The van der Waals surface area contributed by atoms with Crippen LogP contribution in [-0.2, 0) is 0 Å².